The lowest BCUT2D eigenvalue weighted by Gasteiger charge is -2.17. The smallest absolute Gasteiger partial charge is 0.302 e. The number of nitrogens with zero attached hydrogens (tertiary/aromatic N) is 5. The second-order valence-electron chi connectivity index (χ2n) is 5.60. The largest absolute Gasteiger partial charge is 0.330 e. The molecule has 0 radical (unpaired) electrons. The van der Waals surface area contributed by atoms with Crippen LogP contribution in [0, 0.1) is 0 Å². The monoisotopic (exact) mass is 381 g/mol. The second-order valence-corrected chi connectivity index (χ2v) is 8.14. The van der Waals surface area contributed by atoms with Gasteiger partial charge in [-0.3, -0.25) is 9.36 Å². The van der Waals surface area contributed by atoms with Gasteiger partial charge in [0.1, 0.15) is 11.0 Å². The lowest BCUT2D eigenvalue weighted by Crippen LogP contribution is -2.41. The molecule has 0 unspecified atom stereocenters. The average Bonchev–Trinajstić information content (AvgIpc) is 3.03. The summed E-state index contributed by atoms with van der Waals surface area (Å²) in [7, 11) is -0.0486. The highest BCUT2D eigenvalue weighted by molar-refractivity contribution is 7.89. The summed E-state index contributed by atoms with van der Waals surface area (Å²) in [4.78, 5) is 23.5. The molecule has 2 aromatic heterocycles. The van der Waals surface area contributed by atoms with Crippen LogP contribution in [0.2, 0.25) is 0 Å². The Kier molecular flexibility index (Phi) is 4.31. The van der Waals surface area contributed by atoms with Crippen molar-refractivity contribution in [1.82, 2.24) is 22.2 Å². The molecular weight excluding hydrogens is 366 g/mol. The fourth-order valence-corrected chi connectivity index (χ4v) is 4.21. The summed E-state index contributed by atoms with van der Waals surface area (Å²) in [5.41, 5.74) is 0.701. The number of hydrogen-bond donors (Lipinski definition) is 0. The Morgan fingerprint density at radius 3 is 2.56 bits per heavy atom. The van der Waals surface area contributed by atoms with Gasteiger partial charge in [0.15, 0.2) is 4.90 Å². The third-order valence-electron chi connectivity index (χ3n) is 3.83. The van der Waals surface area contributed by atoms with Gasteiger partial charge in [-0.1, -0.05) is 6.07 Å². The second kappa shape index (κ2) is 6.17. The van der Waals surface area contributed by atoms with Gasteiger partial charge < -0.3 is 4.57 Å². The topological polar surface area (TPSA) is 107 Å². The molecule has 9 nitrogen and oxygen atoms in total. The van der Waals surface area contributed by atoms with E-state index in [1.165, 1.54) is 21.1 Å². The van der Waals surface area contributed by atoms with Crippen molar-refractivity contribution in [1.29, 1.82) is 0 Å². The zero-order chi connectivity index (χ0) is 18.4. The Morgan fingerprint density at radius 1 is 1.16 bits per heavy atom. The van der Waals surface area contributed by atoms with E-state index in [0.717, 1.165) is 36.9 Å². The van der Waals surface area contributed by atoms with Crippen LogP contribution in [-0.2, 0) is 30.7 Å². The zero-order valence-electron chi connectivity index (χ0n) is 13.7. The number of aromatic nitrogens is 4. The maximum atomic E-state index is 12.8. The lowest BCUT2D eigenvalue weighted by atomic mass is 10.2. The maximum Gasteiger partial charge on any atom is 0.330 e. The van der Waals surface area contributed by atoms with Gasteiger partial charge in [-0.2, -0.15) is 13.1 Å². The molecular formula is C14H15N5O4S2. The van der Waals surface area contributed by atoms with E-state index in [4.69, 9.17) is 0 Å². The van der Waals surface area contributed by atoms with Gasteiger partial charge in [-0.05, 0) is 17.7 Å². The highest BCUT2D eigenvalue weighted by Gasteiger charge is 2.26. The summed E-state index contributed by atoms with van der Waals surface area (Å²) in [6.07, 6.45) is 1.05. The molecule has 3 rings (SSSR count). The van der Waals surface area contributed by atoms with Gasteiger partial charge in [0.05, 0.1) is 11.7 Å². The molecule has 1 aromatic carbocycles. The van der Waals surface area contributed by atoms with E-state index in [0.29, 0.717) is 11.1 Å². The average molecular weight is 381 g/mol. The van der Waals surface area contributed by atoms with Crippen molar-refractivity contribution in [2.75, 3.05) is 7.05 Å². The van der Waals surface area contributed by atoms with E-state index in [2.05, 4.69) is 8.75 Å². The molecule has 25 heavy (non-hydrogen) atoms. The Hall–Kier alpha value is -2.37. The molecule has 0 aliphatic rings. The van der Waals surface area contributed by atoms with Crippen LogP contribution in [0.15, 0.2) is 38.9 Å². The van der Waals surface area contributed by atoms with E-state index in [-0.39, 0.29) is 6.54 Å². The Bertz CT molecular complexity index is 1180. The van der Waals surface area contributed by atoms with Crippen molar-refractivity contribution in [3.05, 3.63) is 50.8 Å². The van der Waals surface area contributed by atoms with Crippen molar-refractivity contribution < 1.29 is 8.42 Å². The minimum absolute atomic E-state index is 0.0573. The molecule has 0 spiro atoms. The van der Waals surface area contributed by atoms with Crippen molar-refractivity contribution in [3.63, 3.8) is 0 Å². The van der Waals surface area contributed by atoms with Gasteiger partial charge in [-0.15, -0.1) is 0 Å². The van der Waals surface area contributed by atoms with Crippen LogP contribution in [0.3, 0.4) is 0 Å². The Labute approximate surface area is 147 Å². The molecule has 0 aliphatic carbocycles. The Morgan fingerprint density at radius 2 is 1.84 bits per heavy atom. The van der Waals surface area contributed by atoms with Gasteiger partial charge in [0.2, 0.25) is 10.0 Å². The van der Waals surface area contributed by atoms with Gasteiger partial charge in [-0.25, -0.2) is 13.2 Å². The molecule has 0 N–H and O–H groups in total. The van der Waals surface area contributed by atoms with Gasteiger partial charge >= 0.3 is 5.69 Å². The van der Waals surface area contributed by atoms with E-state index in [1.807, 2.05) is 0 Å². The number of rotatable bonds is 4. The summed E-state index contributed by atoms with van der Waals surface area (Å²) in [6, 6.07) is 5.28. The summed E-state index contributed by atoms with van der Waals surface area (Å²) >= 11 is 1.08. The molecule has 0 saturated heterocycles. The zero-order valence-corrected chi connectivity index (χ0v) is 15.3. The van der Waals surface area contributed by atoms with Crippen LogP contribution in [0.25, 0.3) is 11.0 Å². The van der Waals surface area contributed by atoms with Crippen molar-refractivity contribution in [2.45, 2.75) is 11.4 Å². The number of benzene rings is 1. The third-order valence-corrected chi connectivity index (χ3v) is 6.17. The highest BCUT2D eigenvalue weighted by atomic mass is 32.2. The number of hydrogen-bond acceptors (Lipinski definition) is 7. The first kappa shape index (κ1) is 17.5. The van der Waals surface area contributed by atoms with Crippen molar-refractivity contribution in [3.8, 4) is 0 Å². The minimum Gasteiger partial charge on any atom is -0.302 e. The number of fused-ring (bicyclic) bond motifs is 1. The first-order valence-corrected chi connectivity index (χ1v) is 9.33. The van der Waals surface area contributed by atoms with Crippen LogP contribution in [0.4, 0.5) is 0 Å². The lowest BCUT2D eigenvalue weighted by molar-refractivity contribution is 0.463. The SMILES string of the molecule is CN(Cc1ccc2nsnc2c1)S(=O)(=O)c1cn(C)c(=O)n(C)c1=O. The maximum absolute atomic E-state index is 12.8. The molecule has 0 atom stereocenters. The molecule has 11 heteroatoms. The van der Waals surface area contributed by atoms with E-state index < -0.39 is 26.2 Å². The fraction of sp³-hybridized carbons (Fsp3) is 0.286. The standard InChI is InChI=1S/C14H15N5O4S2/c1-17-8-12(13(20)19(3)14(17)21)25(22,23)18(2)7-9-4-5-10-11(6-9)16-24-15-10/h4-6,8H,7H2,1-3H3. The predicted molar refractivity (Wildman–Crippen MR) is 93.0 cm³/mol. The molecule has 0 bridgehead atoms. The third kappa shape index (κ3) is 3.01. The normalized spacial score (nSPS) is 12.2. The van der Waals surface area contributed by atoms with Gasteiger partial charge in [0.25, 0.3) is 5.56 Å². The first-order valence-electron chi connectivity index (χ1n) is 7.16. The summed E-state index contributed by atoms with van der Waals surface area (Å²) < 4.78 is 36.6. The summed E-state index contributed by atoms with van der Waals surface area (Å²) in [5.74, 6) is 0. The first-order chi connectivity index (χ1) is 11.7. The molecule has 0 aliphatic heterocycles. The van der Waals surface area contributed by atoms with E-state index >= 15 is 0 Å². The van der Waals surface area contributed by atoms with Crippen LogP contribution in [0.5, 0.6) is 0 Å². The van der Waals surface area contributed by atoms with Crippen LogP contribution in [-0.4, -0.2) is 37.7 Å². The Balaban J connectivity index is 1.99. The predicted octanol–water partition coefficient (Wildman–Crippen LogP) is -0.0906. The van der Waals surface area contributed by atoms with E-state index in [1.54, 1.807) is 18.2 Å². The molecule has 2 heterocycles. The van der Waals surface area contributed by atoms with Crippen LogP contribution >= 0.6 is 11.7 Å². The molecule has 0 amide bonds. The number of sulfonamides is 1. The molecule has 0 saturated carbocycles. The van der Waals surface area contributed by atoms with Crippen molar-refractivity contribution >= 4 is 32.8 Å². The molecule has 132 valence electrons. The fourth-order valence-electron chi connectivity index (χ4n) is 2.39. The summed E-state index contributed by atoms with van der Waals surface area (Å²) in [6.45, 7) is 0.0573. The van der Waals surface area contributed by atoms with E-state index in [9.17, 15) is 18.0 Å². The van der Waals surface area contributed by atoms with Crippen LogP contribution in [0.1, 0.15) is 5.56 Å². The van der Waals surface area contributed by atoms with Crippen LogP contribution < -0.4 is 11.2 Å². The quantitative estimate of drug-likeness (QED) is 0.625. The summed E-state index contributed by atoms with van der Waals surface area (Å²) in [5, 5.41) is 0. The molecule has 0 fully saturated rings. The number of aryl methyl sites for hydroxylation is 1. The molecule has 3 aromatic rings. The highest BCUT2D eigenvalue weighted by Crippen LogP contribution is 2.17. The minimum atomic E-state index is -4.06. The van der Waals surface area contributed by atoms with Crippen molar-refractivity contribution in [2.24, 2.45) is 14.1 Å². The van der Waals surface area contributed by atoms with Gasteiger partial charge in [0, 0.05) is 33.9 Å².